The standard InChI is InChI=1S/C22H25FN4O2/c23-19-6-4-17(5-7-19)21(28)26-11-8-18(9-12-26)22(29)27-15-13-25(14-16-27)20-3-1-2-10-24-20/h1-7,10,18H,8-9,11-16H2. The Hall–Kier alpha value is -2.96. The number of rotatable bonds is 3. The molecule has 0 spiro atoms. The number of pyridine rings is 1. The maximum atomic E-state index is 13.1. The van der Waals surface area contributed by atoms with E-state index >= 15 is 0 Å². The Morgan fingerprint density at radius 2 is 1.55 bits per heavy atom. The topological polar surface area (TPSA) is 56.8 Å². The van der Waals surface area contributed by atoms with Gasteiger partial charge in [0.1, 0.15) is 11.6 Å². The first-order valence-corrected chi connectivity index (χ1v) is 10.1. The largest absolute Gasteiger partial charge is 0.353 e. The second kappa shape index (κ2) is 8.59. The van der Waals surface area contributed by atoms with Crippen molar-refractivity contribution in [2.45, 2.75) is 12.8 Å². The Labute approximate surface area is 169 Å². The van der Waals surface area contributed by atoms with E-state index in [9.17, 15) is 14.0 Å². The molecule has 2 fully saturated rings. The average Bonchev–Trinajstić information content (AvgIpc) is 2.79. The summed E-state index contributed by atoms with van der Waals surface area (Å²) in [4.78, 5) is 35.8. The third-order valence-electron chi connectivity index (χ3n) is 5.79. The second-order valence-electron chi connectivity index (χ2n) is 7.57. The molecule has 7 heteroatoms. The number of halogens is 1. The zero-order valence-electron chi connectivity index (χ0n) is 16.3. The van der Waals surface area contributed by atoms with E-state index in [2.05, 4.69) is 9.88 Å². The second-order valence-corrected chi connectivity index (χ2v) is 7.57. The molecule has 0 atom stereocenters. The Morgan fingerprint density at radius 1 is 0.862 bits per heavy atom. The molecule has 0 saturated carbocycles. The molecule has 4 rings (SSSR count). The summed E-state index contributed by atoms with van der Waals surface area (Å²) in [6.45, 7) is 4.07. The lowest BCUT2D eigenvalue weighted by Crippen LogP contribution is -2.52. The Balaban J connectivity index is 1.27. The molecule has 3 heterocycles. The van der Waals surface area contributed by atoms with Gasteiger partial charge in [-0.25, -0.2) is 9.37 Å². The van der Waals surface area contributed by atoms with Crippen LogP contribution in [0.25, 0.3) is 0 Å². The van der Waals surface area contributed by atoms with Crippen molar-refractivity contribution in [2.24, 2.45) is 5.92 Å². The van der Waals surface area contributed by atoms with Crippen LogP contribution in [0.5, 0.6) is 0 Å². The highest BCUT2D eigenvalue weighted by molar-refractivity contribution is 5.94. The normalized spacial score (nSPS) is 18.0. The quantitative estimate of drug-likeness (QED) is 0.800. The van der Waals surface area contributed by atoms with Crippen molar-refractivity contribution in [1.82, 2.24) is 14.8 Å². The number of piperazine rings is 1. The number of hydrogen-bond acceptors (Lipinski definition) is 4. The van der Waals surface area contributed by atoms with Crippen LogP contribution in [-0.2, 0) is 4.79 Å². The van der Waals surface area contributed by atoms with Crippen LogP contribution in [0.1, 0.15) is 23.2 Å². The van der Waals surface area contributed by atoms with Crippen molar-refractivity contribution in [1.29, 1.82) is 0 Å². The Kier molecular flexibility index (Phi) is 5.74. The van der Waals surface area contributed by atoms with E-state index in [1.807, 2.05) is 23.1 Å². The van der Waals surface area contributed by atoms with Gasteiger partial charge in [-0.3, -0.25) is 9.59 Å². The molecule has 0 radical (unpaired) electrons. The number of carbonyl (C=O) groups excluding carboxylic acids is 2. The summed E-state index contributed by atoms with van der Waals surface area (Å²) >= 11 is 0. The lowest BCUT2D eigenvalue weighted by Gasteiger charge is -2.39. The van der Waals surface area contributed by atoms with Gasteiger partial charge in [-0.15, -0.1) is 0 Å². The average molecular weight is 396 g/mol. The lowest BCUT2D eigenvalue weighted by molar-refractivity contribution is -0.137. The number of nitrogens with zero attached hydrogens (tertiary/aromatic N) is 4. The minimum absolute atomic E-state index is 0.0336. The number of aromatic nitrogens is 1. The van der Waals surface area contributed by atoms with Gasteiger partial charge in [-0.1, -0.05) is 6.07 Å². The predicted molar refractivity (Wildman–Crippen MR) is 108 cm³/mol. The minimum atomic E-state index is -0.353. The van der Waals surface area contributed by atoms with Crippen LogP contribution < -0.4 is 4.90 Å². The van der Waals surface area contributed by atoms with E-state index in [1.165, 1.54) is 24.3 Å². The van der Waals surface area contributed by atoms with Crippen molar-refractivity contribution in [3.8, 4) is 0 Å². The van der Waals surface area contributed by atoms with Crippen LogP contribution >= 0.6 is 0 Å². The molecule has 2 amide bonds. The Bertz CT molecular complexity index is 843. The van der Waals surface area contributed by atoms with Gasteiger partial charge in [0.2, 0.25) is 5.91 Å². The van der Waals surface area contributed by atoms with Gasteiger partial charge < -0.3 is 14.7 Å². The first-order valence-electron chi connectivity index (χ1n) is 10.1. The summed E-state index contributed by atoms with van der Waals surface area (Å²) in [6.07, 6.45) is 3.13. The number of hydrogen-bond donors (Lipinski definition) is 0. The van der Waals surface area contributed by atoms with Crippen LogP contribution in [-0.4, -0.2) is 65.9 Å². The summed E-state index contributed by atoms with van der Waals surface area (Å²) in [5, 5.41) is 0. The third kappa shape index (κ3) is 4.39. The predicted octanol–water partition coefficient (Wildman–Crippen LogP) is 2.42. The van der Waals surface area contributed by atoms with Crippen molar-refractivity contribution >= 4 is 17.6 Å². The fourth-order valence-corrected chi connectivity index (χ4v) is 4.06. The SMILES string of the molecule is O=C(c1ccc(F)cc1)N1CCC(C(=O)N2CCN(c3ccccn3)CC2)CC1. The van der Waals surface area contributed by atoms with Gasteiger partial charge >= 0.3 is 0 Å². The maximum Gasteiger partial charge on any atom is 0.253 e. The lowest BCUT2D eigenvalue weighted by atomic mass is 9.94. The van der Waals surface area contributed by atoms with Gasteiger partial charge in [0.25, 0.3) is 5.91 Å². The van der Waals surface area contributed by atoms with Gasteiger partial charge in [-0.2, -0.15) is 0 Å². The molecule has 2 aromatic rings. The van der Waals surface area contributed by atoms with Crippen molar-refractivity contribution in [2.75, 3.05) is 44.2 Å². The first-order chi connectivity index (χ1) is 14.1. The summed E-state index contributed by atoms with van der Waals surface area (Å²) in [5.41, 5.74) is 0.488. The zero-order chi connectivity index (χ0) is 20.2. The minimum Gasteiger partial charge on any atom is -0.353 e. The molecule has 29 heavy (non-hydrogen) atoms. The van der Waals surface area contributed by atoms with Crippen LogP contribution in [0.15, 0.2) is 48.7 Å². The number of carbonyl (C=O) groups is 2. The van der Waals surface area contributed by atoms with E-state index in [4.69, 9.17) is 0 Å². The molecule has 6 nitrogen and oxygen atoms in total. The number of benzene rings is 1. The molecular formula is C22H25FN4O2. The molecule has 2 saturated heterocycles. The third-order valence-corrected chi connectivity index (χ3v) is 5.79. The van der Waals surface area contributed by atoms with Crippen LogP contribution in [0, 0.1) is 11.7 Å². The molecule has 0 aliphatic carbocycles. The fraction of sp³-hybridized carbons (Fsp3) is 0.409. The smallest absolute Gasteiger partial charge is 0.253 e. The number of likely N-dealkylation sites (tertiary alicyclic amines) is 1. The summed E-state index contributed by atoms with van der Waals surface area (Å²) in [7, 11) is 0. The van der Waals surface area contributed by atoms with Gasteiger partial charge in [0.05, 0.1) is 0 Å². The van der Waals surface area contributed by atoms with Gasteiger partial charge in [0, 0.05) is 56.9 Å². The first kappa shape index (κ1) is 19.4. The van der Waals surface area contributed by atoms with E-state index < -0.39 is 0 Å². The van der Waals surface area contributed by atoms with Crippen LogP contribution in [0.2, 0.25) is 0 Å². The van der Waals surface area contributed by atoms with E-state index in [-0.39, 0.29) is 23.5 Å². The highest BCUT2D eigenvalue weighted by Gasteiger charge is 2.32. The molecule has 0 unspecified atom stereocenters. The number of amides is 2. The van der Waals surface area contributed by atoms with Crippen LogP contribution in [0.4, 0.5) is 10.2 Å². The molecule has 152 valence electrons. The van der Waals surface area contributed by atoms with E-state index in [0.29, 0.717) is 44.6 Å². The monoisotopic (exact) mass is 396 g/mol. The van der Waals surface area contributed by atoms with Crippen molar-refractivity contribution in [3.63, 3.8) is 0 Å². The van der Waals surface area contributed by atoms with Crippen LogP contribution in [0.3, 0.4) is 0 Å². The number of piperidine rings is 1. The van der Waals surface area contributed by atoms with Crippen molar-refractivity contribution < 1.29 is 14.0 Å². The summed E-state index contributed by atoms with van der Waals surface area (Å²) in [6, 6.07) is 11.5. The molecule has 1 aromatic heterocycles. The zero-order valence-corrected chi connectivity index (χ0v) is 16.3. The highest BCUT2D eigenvalue weighted by atomic mass is 19.1. The molecule has 0 N–H and O–H groups in total. The molecule has 1 aromatic carbocycles. The summed E-state index contributed by atoms with van der Waals surface area (Å²) in [5.74, 6) is 0.661. The van der Waals surface area contributed by atoms with E-state index in [1.54, 1.807) is 11.1 Å². The Morgan fingerprint density at radius 3 is 2.17 bits per heavy atom. The van der Waals surface area contributed by atoms with Gasteiger partial charge in [0.15, 0.2) is 0 Å². The molecule has 2 aliphatic heterocycles. The van der Waals surface area contributed by atoms with E-state index in [0.717, 1.165) is 18.9 Å². The maximum absolute atomic E-state index is 13.1. The molecular weight excluding hydrogens is 371 g/mol. The molecule has 2 aliphatic rings. The number of anilines is 1. The summed E-state index contributed by atoms with van der Waals surface area (Å²) < 4.78 is 13.1. The van der Waals surface area contributed by atoms with Gasteiger partial charge in [-0.05, 0) is 49.2 Å². The van der Waals surface area contributed by atoms with Crippen molar-refractivity contribution in [3.05, 3.63) is 60.0 Å². The highest BCUT2D eigenvalue weighted by Crippen LogP contribution is 2.23. The molecule has 0 bridgehead atoms. The fourth-order valence-electron chi connectivity index (χ4n) is 4.06.